The number of aryl methyl sites for hydroxylation is 1. The van der Waals surface area contributed by atoms with E-state index in [1.165, 1.54) is 6.33 Å². The third-order valence-electron chi connectivity index (χ3n) is 5.09. The summed E-state index contributed by atoms with van der Waals surface area (Å²) in [6.45, 7) is 6.50. The van der Waals surface area contributed by atoms with Crippen molar-refractivity contribution in [2.75, 3.05) is 16.4 Å². The average Bonchev–Trinajstić information content (AvgIpc) is 3.38. The molecule has 0 aliphatic rings. The van der Waals surface area contributed by atoms with Gasteiger partial charge in [0, 0.05) is 35.5 Å². The Morgan fingerprint density at radius 2 is 1.97 bits per heavy atom. The van der Waals surface area contributed by atoms with E-state index in [0.717, 1.165) is 16.5 Å². The summed E-state index contributed by atoms with van der Waals surface area (Å²) in [6, 6.07) is 10.7. The van der Waals surface area contributed by atoms with Crippen molar-refractivity contribution in [3.8, 4) is 17.2 Å². The maximum absolute atomic E-state index is 12.4. The molecule has 4 N–H and O–H groups in total. The second-order valence-corrected chi connectivity index (χ2v) is 8.58. The van der Waals surface area contributed by atoms with Gasteiger partial charge in [-0.2, -0.15) is 5.26 Å². The molecule has 0 saturated heterocycles. The van der Waals surface area contributed by atoms with E-state index in [1.54, 1.807) is 18.2 Å². The molecular formula is C23H24N8O2. The number of fused-ring (bicyclic) bond motifs is 1. The maximum atomic E-state index is 12.4. The van der Waals surface area contributed by atoms with Crippen molar-refractivity contribution >= 4 is 34.4 Å². The van der Waals surface area contributed by atoms with Gasteiger partial charge in [0.2, 0.25) is 0 Å². The van der Waals surface area contributed by atoms with Crippen molar-refractivity contribution in [1.82, 2.24) is 19.7 Å². The van der Waals surface area contributed by atoms with Gasteiger partial charge in [0.1, 0.15) is 23.6 Å². The molecule has 0 radical (unpaired) electrons. The third kappa shape index (κ3) is 4.62. The molecule has 4 rings (SSSR count). The number of carbonyl (C=O) groups excluding carboxylic acids is 1. The smallest absolute Gasteiger partial charge is 0.324 e. The van der Waals surface area contributed by atoms with Crippen LogP contribution in [0.15, 0.2) is 47.4 Å². The maximum Gasteiger partial charge on any atom is 0.324 e. The topological polar surface area (TPSA) is 148 Å². The van der Waals surface area contributed by atoms with Crippen LogP contribution >= 0.6 is 0 Å². The van der Waals surface area contributed by atoms with E-state index in [9.17, 15) is 4.79 Å². The first-order valence-corrected chi connectivity index (χ1v) is 10.4. The molecule has 2 amide bonds. The molecular weight excluding hydrogens is 420 g/mol. The predicted molar refractivity (Wildman–Crippen MR) is 125 cm³/mol. The minimum Gasteiger partial charge on any atom is -0.383 e. The van der Waals surface area contributed by atoms with Crippen LogP contribution in [0.2, 0.25) is 0 Å². The average molecular weight is 444 g/mol. The number of nitriles is 1. The second kappa shape index (κ2) is 8.63. The molecule has 10 heteroatoms. The third-order valence-corrected chi connectivity index (χ3v) is 5.09. The Bertz CT molecular complexity index is 1340. The van der Waals surface area contributed by atoms with Gasteiger partial charge in [-0.15, -0.1) is 0 Å². The molecule has 33 heavy (non-hydrogen) atoms. The van der Waals surface area contributed by atoms with Crippen molar-refractivity contribution < 1.29 is 9.32 Å². The van der Waals surface area contributed by atoms with Crippen LogP contribution in [-0.2, 0) is 12.0 Å². The van der Waals surface area contributed by atoms with E-state index in [0.29, 0.717) is 41.7 Å². The van der Waals surface area contributed by atoms with Crippen LogP contribution in [0.4, 0.5) is 22.1 Å². The Balaban J connectivity index is 1.52. The zero-order valence-electron chi connectivity index (χ0n) is 18.6. The first-order valence-electron chi connectivity index (χ1n) is 10.4. The molecule has 3 heterocycles. The summed E-state index contributed by atoms with van der Waals surface area (Å²) in [5, 5.41) is 19.0. The van der Waals surface area contributed by atoms with Gasteiger partial charge in [0.25, 0.3) is 0 Å². The molecule has 1 aromatic carbocycles. The first-order chi connectivity index (χ1) is 15.8. The minimum atomic E-state index is -0.428. The number of amides is 2. The largest absolute Gasteiger partial charge is 0.383 e. The molecule has 0 saturated carbocycles. The molecule has 4 aromatic rings. The molecule has 0 aliphatic carbocycles. The Morgan fingerprint density at radius 1 is 1.21 bits per heavy atom. The molecule has 0 atom stereocenters. The van der Waals surface area contributed by atoms with Crippen LogP contribution in [0.1, 0.15) is 33.0 Å². The van der Waals surface area contributed by atoms with Gasteiger partial charge in [-0.05, 0) is 17.7 Å². The highest BCUT2D eigenvalue weighted by Crippen LogP contribution is 2.33. The van der Waals surface area contributed by atoms with Crippen LogP contribution in [0.5, 0.6) is 0 Å². The number of nitrogens with two attached hydrogens (primary N) is 1. The highest BCUT2D eigenvalue weighted by molar-refractivity contribution is 6.02. The number of benzene rings is 1. The zero-order valence-corrected chi connectivity index (χ0v) is 18.6. The number of aromatic nitrogens is 4. The normalized spacial score (nSPS) is 11.3. The highest BCUT2D eigenvalue weighted by atomic mass is 16.5. The quantitative estimate of drug-likeness (QED) is 0.410. The van der Waals surface area contributed by atoms with Gasteiger partial charge in [-0.1, -0.05) is 38.1 Å². The molecule has 168 valence electrons. The van der Waals surface area contributed by atoms with E-state index in [4.69, 9.17) is 15.5 Å². The lowest BCUT2D eigenvalue weighted by molar-refractivity contribution is 0.262. The Hall–Kier alpha value is -4.39. The number of hydrogen-bond acceptors (Lipinski definition) is 7. The summed E-state index contributed by atoms with van der Waals surface area (Å²) >= 11 is 0. The van der Waals surface area contributed by atoms with Crippen molar-refractivity contribution in [2.24, 2.45) is 0 Å². The Morgan fingerprint density at radius 3 is 2.64 bits per heavy atom. The number of nitrogens with one attached hydrogen (secondary N) is 2. The Labute approximate surface area is 190 Å². The zero-order chi connectivity index (χ0) is 23.6. The van der Waals surface area contributed by atoms with E-state index < -0.39 is 6.03 Å². The summed E-state index contributed by atoms with van der Waals surface area (Å²) in [5.41, 5.74) is 8.94. The molecule has 0 aliphatic heterocycles. The lowest BCUT2D eigenvalue weighted by atomic mass is 9.93. The fraction of sp³-hybridized carbons (Fsp3) is 0.261. The number of nitrogens with zero attached hydrogens (tertiary/aromatic N) is 5. The summed E-state index contributed by atoms with van der Waals surface area (Å²) < 4.78 is 7.18. The number of urea groups is 1. The van der Waals surface area contributed by atoms with Crippen molar-refractivity contribution in [2.45, 2.75) is 39.2 Å². The summed E-state index contributed by atoms with van der Waals surface area (Å²) in [5.74, 6) is 1.39. The van der Waals surface area contributed by atoms with Gasteiger partial charge in [-0.25, -0.2) is 14.8 Å². The predicted octanol–water partition coefficient (Wildman–Crippen LogP) is 4.52. The van der Waals surface area contributed by atoms with Crippen LogP contribution in [0.25, 0.3) is 22.2 Å². The lowest BCUT2D eigenvalue weighted by Crippen LogP contribution is -2.19. The standard InChI is InChI=1S/C23H24N8O2/c1-23(2,3)17-11-18(30-33-17)29-22(32)28-15-7-5-14(6-8-15)16-12-31(10-4-9-24)21-19(16)20(25)26-13-27-21/h5-8,11-13H,4,10H2,1-3H3,(H2,25,26,27)(H2,28,29,30,32). The van der Waals surface area contributed by atoms with E-state index in [1.807, 2.05) is 43.7 Å². The van der Waals surface area contributed by atoms with Crippen molar-refractivity contribution in [1.29, 1.82) is 5.26 Å². The van der Waals surface area contributed by atoms with Crippen molar-refractivity contribution in [3.05, 3.63) is 48.6 Å². The molecule has 10 nitrogen and oxygen atoms in total. The van der Waals surface area contributed by atoms with Gasteiger partial charge in [0.15, 0.2) is 5.82 Å². The Kier molecular flexibility index (Phi) is 5.70. The van der Waals surface area contributed by atoms with Crippen LogP contribution in [0.3, 0.4) is 0 Å². The summed E-state index contributed by atoms with van der Waals surface area (Å²) in [4.78, 5) is 20.8. The van der Waals surface area contributed by atoms with Gasteiger partial charge < -0.3 is 20.1 Å². The van der Waals surface area contributed by atoms with Gasteiger partial charge in [0.05, 0.1) is 17.9 Å². The molecule has 0 spiro atoms. The first kappa shape index (κ1) is 21.8. The number of anilines is 3. The highest BCUT2D eigenvalue weighted by Gasteiger charge is 2.20. The molecule has 3 aromatic heterocycles. The monoisotopic (exact) mass is 444 g/mol. The molecule has 0 fully saturated rings. The lowest BCUT2D eigenvalue weighted by Gasteiger charge is -2.12. The van der Waals surface area contributed by atoms with E-state index >= 15 is 0 Å². The fourth-order valence-corrected chi connectivity index (χ4v) is 3.41. The summed E-state index contributed by atoms with van der Waals surface area (Å²) in [7, 11) is 0. The minimum absolute atomic E-state index is 0.203. The van der Waals surface area contributed by atoms with Crippen LogP contribution in [-0.4, -0.2) is 25.7 Å². The SMILES string of the molecule is CC(C)(C)c1cc(NC(=O)Nc2ccc(-c3cn(CCC#N)c4ncnc(N)c34)cc2)no1. The molecule has 0 unspecified atom stereocenters. The summed E-state index contributed by atoms with van der Waals surface area (Å²) in [6.07, 6.45) is 3.68. The number of hydrogen-bond donors (Lipinski definition) is 3. The van der Waals surface area contributed by atoms with Gasteiger partial charge in [-0.3, -0.25) is 5.32 Å². The number of carbonyl (C=O) groups is 1. The fourth-order valence-electron chi connectivity index (χ4n) is 3.41. The van der Waals surface area contributed by atoms with Crippen LogP contribution < -0.4 is 16.4 Å². The molecule has 0 bridgehead atoms. The van der Waals surface area contributed by atoms with E-state index in [2.05, 4.69) is 31.8 Å². The number of rotatable bonds is 5. The van der Waals surface area contributed by atoms with Gasteiger partial charge >= 0.3 is 6.03 Å². The van der Waals surface area contributed by atoms with E-state index in [-0.39, 0.29) is 5.41 Å². The second-order valence-electron chi connectivity index (χ2n) is 8.58. The number of nitrogen functional groups attached to an aromatic ring is 1. The van der Waals surface area contributed by atoms with Crippen LogP contribution in [0, 0.1) is 11.3 Å². The van der Waals surface area contributed by atoms with Crippen molar-refractivity contribution in [3.63, 3.8) is 0 Å².